The van der Waals surface area contributed by atoms with Gasteiger partial charge in [-0.1, -0.05) is 24.3 Å². The zero-order chi connectivity index (χ0) is 21.8. The van der Waals surface area contributed by atoms with Crippen LogP contribution < -0.4 is 9.64 Å². The fraction of sp³-hybridized carbons (Fsp3) is 0.360. The van der Waals surface area contributed by atoms with Crippen LogP contribution in [0.25, 0.3) is 11.3 Å². The van der Waals surface area contributed by atoms with E-state index in [9.17, 15) is 4.79 Å². The number of oxazole rings is 1. The number of nitrogens with zero attached hydrogens (tertiary/aromatic N) is 3. The maximum Gasteiger partial charge on any atom is 0.223 e. The topological polar surface area (TPSA) is 58.8 Å². The van der Waals surface area contributed by atoms with Gasteiger partial charge in [0.05, 0.1) is 19.0 Å². The Morgan fingerprint density at radius 2 is 1.84 bits per heavy atom. The van der Waals surface area contributed by atoms with Crippen molar-refractivity contribution < 1.29 is 13.9 Å². The van der Waals surface area contributed by atoms with Crippen LogP contribution >= 0.6 is 0 Å². The first-order chi connectivity index (χ1) is 15.0. The second-order valence-electron chi connectivity index (χ2n) is 7.96. The summed E-state index contributed by atoms with van der Waals surface area (Å²) in [6, 6.07) is 14.2. The highest BCUT2D eigenvalue weighted by atomic mass is 16.5. The number of amides is 1. The lowest BCUT2D eigenvalue weighted by Crippen LogP contribution is -2.48. The zero-order valence-electron chi connectivity index (χ0n) is 18.4. The smallest absolute Gasteiger partial charge is 0.223 e. The molecule has 0 aliphatic carbocycles. The first-order valence-electron chi connectivity index (χ1n) is 10.7. The van der Waals surface area contributed by atoms with Crippen molar-refractivity contribution in [2.45, 2.75) is 26.7 Å². The third-order valence-electron chi connectivity index (χ3n) is 5.96. The molecule has 31 heavy (non-hydrogen) atoms. The van der Waals surface area contributed by atoms with Crippen LogP contribution in [0.5, 0.6) is 5.75 Å². The first-order valence-corrected chi connectivity index (χ1v) is 10.7. The van der Waals surface area contributed by atoms with E-state index in [0.717, 1.165) is 35.9 Å². The number of aromatic nitrogens is 1. The van der Waals surface area contributed by atoms with Crippen molar-refractivity contribution in [2.75, 3.05) is 38.2 Å². The van der Waals surface area contributed by atoms with E-state index in [1.54, 1.807) is 13.3 Å². The number of benzene rings is 2. The Kier molecular flexibility index (Phi) is 6.26. The molecule has 3 aromatic rings. The normalized spacial score (nSPS) is 14.0. The molecule has 1 aromatic heterocycles. The van der Waals surface area contributed by atoms with Crippen LogP contribution in [-0.2, 0) is 11.2 Å². The van der Waals surface area contributed by atoms with Gasteiger partial charge in [0.1, 0.15) is 5.75 Å². The number of anilines is 1. The molecule has 0 spiro atoms. The molecule has 2 aromatic carbocycles. The molecule has 1 saturated heterocycles. The van der Waals surface area contributed by atoms with E-state index in [1.807, 2.05) is 29.2 Å². The summed E-state index contributed by atoms with van der Waals surface area (Å²) >= 11 is 0. The summed E-state index contributed by atoms with van der Waals surface area (Å²) in [5, 5.41) is 0. The standard InChI is InChI=1S/C25H29N3O3/c1-18-8-9-20(16-19(18)2)23-17-26-24(31-23)10-11-25(29)28-14-12-27(13-15-28)21-6-4-5-7-22(21)30-3/h4-9,16-17H,10-15H2,1-3H3. The summed E-state index contributed by atoms with van der Waals surface area (Å²) in [5.74, 6) is 2.36. The third kappa shape index (κ3) is 4.74. The molecule has 1 fully saturated rings. The highest BCUT2D eigenvalue weighted by Gasteiger charge is 2.23. The summed E-state index contributed by atoms with van der Waals surface area (Å²) < 4.78 is 11.4. The van der Waals surface area contributed by atoms with Crippen LogP contribution in [0.2, 0.25) is 0 Å². The number of ether oxygens (including phenoxy) is 1. The predicted octanol–water partition coefficient (Wildman–Crippen LogP) is 4.25. The molecular formula is C25H29N3O3. The number of piperazine rings is 1. The molecule has 4 rings (SSSR count). The van der Waals surface area contributed by atoms with Gasteiger partial charge in [0.2, 0.25) is 5.91 Å². The van der Waals surface area contributed by atoms with Gasteiger partial charge in [0, 0.05) is 44.6 Å². The minimum atomic E-state index is 0.144. The number of para-hydroxylation sites is 2. The number of carbonyl (C=O) groups is 1. The van der Waals surface area contributed by atoms with Gasteiger partial charge < -0.3 is 19.0 Å². The Hall–Kier alpha value is -3.28. The fourth-order valence-corrected chi connectivity index (χ4v) is 3.91. The Morgan fingerprint density at radius 1 is 1.06 bits per heavy atom. The Labute approximate surface area is 183 Å². The molecule has 0 atom stereocenters. The van der Waals surface area contributed by atoms with Gasteiger partial charge in [-0.2, -0.15) is 0 Å². The molecule has 1 aliphatic rings. The molecule has 0 bridgehead atoms. The van der Waals surface area contributed by atoms with E-state index >= 15 is 0 Å². The molecule has 6 nitrogen and oxygen atoms in total. The highest BCUT2D eigenvalue weighted by molar-refractivity contribution is 5.76. The molecule has 0 saturated carbocycles. The number of methoxy groups -OCH3 is 1. The van der Waals surface area contributed by atoms with E-state index < -0.39 is 0 Å². The van der Waals surface area contributed by atoms with Crippen molar-refractivity contribution in [3.63, 3.8) is 0 Å². The van der Waals surface area contributed by atoms with Gasteiger partial charge in [-0.25, -0.2) is 4.98 Å². The summed E-state index contributed by atoms with van der Waals surface area (Å²) in [6.45, 7) is 7.17. The van der Waals surface area contributed by atoms with Crippen molar-refractivity contribution in [1.29, 1.82) is 0 Å². The van der Waals surface area contributed by atoms with E-state index in [-0.39, 0.29) is 5.91 Å². The highest BCUT2D eigenvalue weighted by Crippen LogP contribution is 2.28. The number of carbonyl (C=O) groups excluding carboxylic acids is 1. The summed E-state index contributed by atoms with van der Waals surface area (Å²) in [7, 11) is 1.69. The van der Waals surface area contributed by atoms with Crippen LogP contribution in [0, 0.1) is 13.8 Å². The van der Waals surface area contributed by atoms with Crippen molar-refractivity contribution in [1.82, 2.24) is 9.88 Å². The molecule has 0 unspecified atom stereocenters. The molecule has 2 heterocycles. The maximum atomic E-state index is 12.7. The number of hydrogen-bond acceptors (Lipinski definition) is 5. The van der Waals surface area contributed by atoms with Crippen LogP contribution in [0.4, 0.5) is 5.69 Å². The van der Waals surface area contributed by atoms with Gasteiger partial charge in [-0.3, -0.25) is 4.79 Å². The average molecular weight is 420 g/mol. The van der Waals surface area contributed by atoms with Gasteiger partial charge in [0.25, 0.3) is 0 Å². The summed E-state index contributed by atoms with van der Waals surface area (Å²) in [5.41, 5.74) is 4.56. The molecule has 0 N–H and O–H groups in total. The molecule has 162 valence electrons. The van der Waals surface area contributed by atoms with E-state index in [1.165, 1.54) is 11.1 Å². The monoisotopic (exact) mass is 419 g/mol. The van der Waals surface area contributed by atoms with Gasteiger partial charge >= 0.3 is 0 Å². The molecule has 6 heteroatoms. The van der Waals surface area contributed by atoms with E-state index in [2.05, 4.69) is 41.9 Å². The lowest BCUT2D eigenvalue weighted by atomic mass is 10.1. The Bertz CT molecular complexity index is 1050. The first kappa shape index (κ1) is 21.0. The number of hydrogen-bond donors (Lipinski definition) is 0. The summed E-state index contributed by atoms with van der Waals surface area (Å²) in [4.78, 5) is 21.3. The molecule has 1 amide bonds. The van der Waals surface area contributed by atoms with E-state index in [4.69, 9.17) is 9.15 Å². The van der Waals surface area contributed by atoms with Gasteiger partial charge in [-0.05, 0) is 43.2 Å². The Balaban J connectivity index is 1.30. The lowest BCUT2D eigenvalue weighted by Gasteiger charge is -2.36. The number of rotatable bonds is 6. The maximum absolute atomic E-state index is 12.7. The van der Waals surface area contributed by atoms with Crippen LogP contribution in [-0.4, -0.2) is 49.1 Å². The summed E-state index contributed by atoms with van der Waals surface area (Å²) in [6.07, 6.45) is 2.66. The van der Waals surface area contributed by atoms with E-state index in [0.29, 0.717) is 31.8 Å². The minimum absolute atomic E-state index is 0.144. The largest absolute Gasteiger partial charge is 0.495 e. The molecular weight excluding hydrogens is 390 g/mol. The quantitative estimate of drug-likeness (QED) is 0.598. The third-order valence-corrected chi connectivity index (χ3v) is 5.96. The van der Waals surface area contributed by atoms with Crippen LogP contribution in [0.3, 0.4) is 0 Å². The SMILES string of the molecule is COc1ccccc1N1CCN(C(=O)CCc2ncc(-c3ccc(C)c(C)c3)o2)CC1. The van der Waals surface area contributed by atoms with Crippen molar-refractivity contribution in [3.05, 3.63) is 65.7 Å². The number of aryl methyl sites for hydroxylation is 3. The minimum Gasteiger partial charge on any atom is -0.495 e. The molecule has 1 aliphatic heterocycles. The van der Waals surface area contributed by atoms with Gasteiger partial charge in [-0.15, -0.1) is 0 Å². The van der Waals surface area contributed by atoms with Gasteiger partial charge in [0.15, 0.2) is 11.7 Å². The van der Waals surface area contributed by atoms with Crippen LogP contribution in [0.1, 0.15) is 23.4 Å². The zero-order valence-corrected chi connectivity index (χ0v) is 18.4. The van der Waals surface area contributed by atoms with Crippen molar-refractivity contribution in [3.8, 4) is 17.1 Å². The second-order valence-corrected chi connectivity index (χ2v) is 7.96. The van der Waals surface area contributed by atoms with Crippen LogP contribution in [0.15, 0.2) is 53.1 Å². The molecule has 0 radical (unpaired) electrons. The van der Waals surface area contributed by atoms with Crippen molar-refractivity contribution >= 4 is 11.6 Å². The lowest BCUT2D eigenvalue weighted by molar-refractivity contribution is -0.131. The predicted molar refractivity (Wildman–Crippen MR) is 122 cm³/mol. The average Bonchev–Trinajstić information content (AvgIpc) is 3.28. The Morgan fingerprint density at radius 3 is 2.58 bits per heavy atom. The van der Waals surface area contributed by atoms with Crippen molar-refractivity contribution in [2.24, 2.45) is 0 Å². The fourth-order valence-electron chi connectivity index (χ4n) is 3.91. The second kappa shape index (κ2) is 9.25.